The van der Waals surface area contributed by atoms with Gasteiger partial charge in [0.2, 0.25) is 0 Å². The van der Waals surface area contributed by atoms with Gasteiger partial charge in [-0.1, -0.05) is 18.2 Å². The van der Waals surface area contributed by atoms with E-state index in [-0.39, 0.29) is 11.9 Å². The van der Waals surface area contributed by atoms with Gasteiger partial charge in [0.05, 0.1) is 5.97 Å². The molecule has 0 unspecified atom stereocenters. The third-order valence-corrected chi connectivity index (χ3v) is 3.35. The summed E-state index contributed by atoms with van der Waals surface area (Å²) in [5.41, 5.74) is 0.787. The van der Waals surface area contributed by atoms with Crippen molar-refractivity contribution in [2.45, 2.75) is 25.8 Å². The third-order valence-electron chi connectivity index (χ3n) is 3.35. The first-order valence-corrected chi connectivity index (χ1v) is 6.37. The summed E-state index contributed by atoms with van der Waals surface area (Å²) >= 11 is 0. The van der Waals surface area contributed by atoms with Crippen molar-refractivity contribution in [1.29, 1.82) is 0 Å². The average molecular weight is 258 g/mol. The van der Waals surface area contributed by atoms with Crippen LogP contribution in [-0.4, -0.2) is 17.9 Å². The van der Waals surface area contributed by atoms with Crippen LogP contribution >= 0.6 is 0 Å². The van der Waals surface area contributed by atoms with Crippen molar-refractivity contribution in [1.82, 2.24) is 0 Å². The SMILES string of the molecule is C[C@H](C1CC1)N(C(=O)/C=C/C(=O)[O-])c1ccccc1. The van der Waals surface area contributed by atoms with E-state index in [9.17, 15) is 14.7 Å². The van der Waals surface area contributed by atoms with Crippen molar-refractivity contribution in [2.24, 2.45) is 5.92 Å². The van der Waals surface area contributed by atoms with Crippen LogP contribution in [0.3, 0.4) is 0 Å². The molecule has 1 aromatic rings. The Morgan fingerprint density at radius 3 is 2.42 bits per heavy atom. The van der Waals surface area contributed by atoms with Crippen LogP contribution in [0.5, 0.6) is 0 Å². The largest absolute Gasteiger partial charge is 0.545 e. The van der Waals surface area contributed by atoms with Gasteiger partial charge in [0, 0.05) is 17.8 Å². The fourth-order valence-corrected chi connectivity index (χ4v) is 2.16. The molecule has 0 N–H and O–H groups in total. The Labute approximate surface area is 112 Å². The summed E-state index contributed by atoms with van der Waals surface area (Å²) in [6, 6.07) is 9.37. The summed E-state index contributed by atoms with van der Waals surface area (Å²) in [7, 11) is 0. The molecule has 4 heteroatoms. The number of aliphatic carboxylic acids is 1. The highest BCUT2D eigenvalue weighted by atomic mass is 16.4. The van der Waals surface area contributed by atoms with Crippen LogP contribution in [0.25, 0.3) is 0 Å². The van der Waals surface area contributed by atoms with Crippen LogP contribution < -0.4 is 10.0 Å². The van der Waals surface area contributed by atoms with Gasteiger partial charge in [0.1, 0.15) is 0 Å². The van der Waals surface area contributed by atoms with Crippen molar-refractivity contribution in [2.75, 3.05) is 4.90 Å². The Hall–Kier alpha value is -2.10. The number of benzene rings is 1. The molecule has 100 valence electrons. The molecule has 0 saturated heterocycles. The molecular weight excluding hydrogens is 242 g/mol. The van der Waals surface area contributed by atoms with E-state index in [0.717, 1.165) is 30.7 Å². The molecular formula is C15H16NO3-. The summed E-state index contributed by atoms with van der Waals surface area (Å²) in [6.45, 7) is 2.00. The first-order chi connectivity index (χ1) is 9.09. The van der Waals surface area contributed by atoms with Crippen LogP contribution in [0.15, 0.2) is 42.5 Å². The molecule has 0 spiro atoms. The molecule has 0 bridgehead atoms. The predicted octanol–water partition coefficient (Wildman–Crippen LogP) is 1.12. The molecule has 0 aromatic heterocycles. The van der Waals surface area contributed by atoms with Crippen molar-refractivity contribution in [3.8, 4) is 0 Å². The van der Waals surface area contributed by atoms with E-state index in [1.807, 2.05) is 37.3 Å². The summed E-state index contributed by atoms with van der Waals surface area (Å²) in [4.78, 5) is 24.2. The van der Waals surface area contributed by atoms with E-state index < -0.39 is 5.97 Å². The monoisotopic (exact) mass is 258 g/mol. The number of nitrogens with zero attached hydrogens (tertiary/aromatic N) is 1. The number of rotatable bonds is 5. The van der Waals surface area contributed by atoms with Gasteiger partial charge in [0.25, 0.3) is 5.91 Å². The molecule has 0 aliphatic heterocycles. The molecule has 1 aromatic carbocycles. The topological polar surface area (TPSA) is 60.4 Å². The van der Waals surface area contributed by atoms with Gasteiger partial charge in [-0.2, -0.15) is 0 Å². The van der Waals surface area contributed by atoms with Crippen molar-refractivity contribution < 1.29 is 14.7 Å². The van der Waals surface area contributed by atoms with Gasteiger partial charge < -0.3 is 14.8 Å². The molecule has 4 nitrogen and oxygen atoms in total. The highest BCUT2D eigenvalue weighted by molar-refractivity contribution is 6.04. The maximum Gasteiger partial charge on any atom is 0.251 e. The Kier molecular flexibility index (Phi) is 4.00. The maximum atomic E-state index is 12.2. The predicted molar refractivity (Wildman–Crippen MR) is 70.3 cm³/mol. The molecule has 2 rings (SSSR count). The zero-order valence-corrected chi connectivity index (χ0v) is 10.8. The van der Waals surface area contributed by atoms with Gasteiger partial charge in [-0.25, -0.2) is 0 Å². The van der Waals surface area contributed by atoms with Crippen LogP contribution in [0.4, 0.5) is 5.69 Å². The minimum absolute atomic E-state index is 0.0707. The second-order valence-electron chi connectivity index (χ2n) is 4.77. The summed E-state index contributed by atoms with van der Waals surface area (Å²) < 4.78 is 0. The van der Waals surface area contributed by atoms with Crippen molar-refractivity contribution in [3.63, 3.8) is 0 Å². The first kappa shape index (κ1) is 13.3. The van der Waals surface area contributed by atoms with Crippen molar-refractivity contribution >= 4 is 17.6 Å². The van der Waals surface area contributed by atoms with Gasteiger partial charge in [0.15, 0.2) is 0 Å². The van der Waals surface area contributed by atoms with Gasteiger partial charge in [-0.05, 0) is 43.9 Å². The fraction of sp³-hybridized carbons (Fsp3) is 0.333. The van der Waals surface area contributed by atoms with Gasteiger partial charge in [-0.15, -0.1) is 0 Å². The lowest BCUT2D eigenvalue weighted by atomic mass is 10.1. The standard InChI is InChI=1S/C15H17NO3/c1-11(12-7-8-12)16(13-5-3-2-4-6-13)14(17)9-10-15(18)19/h2-6,9-12H,7-8H2,1H3,(H,18,19)/p-1/b10-9+/t11-/m1/s1. The molecule has 0 heterocycles. The Morgan fingerprint density at radius 1 is 1.26 bits per heavy atom. The number of carbonyl (C=O) groups excluding carboxylic acids is 2. The van der Waals surface area contributed by atoms with E-state index in [4.69, 9.17) is 0 Å². The zero-order chi connectivity index (χ0) is 13.8. The molecule has 1 atom stereocenters. The molecule has 1 aliphatic rings. The molecule has 1 saturated carbocycles. The number of hydrogen-bond acceptors (Lipinski definition) is 3. The molecule has 1 fully saturated rings. The molecule has 0 radical (unpaired) electrons. The highest BCUT2D eigenvalue weighted by Crippen LogP contribution is 2.37. The summed E-state index contributed by atoms with van der Waals surface area (Å²) in [5.74, 6) is -1.18. The lowest BCUT2D eigenvalue weighted by Gasteiger charge is -2.28. The van der Waals surface area contributed by atoms with Crippen LogP contribution in [0, 0.1) is 5.92 Å². The van der Waals surface area contributed by atoms with E-state index >= 15 is 0 Å². The van der Waals surface area contributed by atoms with Crippen LogP contribution in [-0.2, 0) is 9.59 Å². The Balaban J connectivity index is 2.23. The Morgan fingerprint density at radius 2 is 1.89 bits per heavy atom. The minimum atomic E-state index is -1.36. The minimum Gasteiger partial charge on any atom is -0.545 e. The number of hydrogen-bond donors (Lipinski definition) is 0. The fourth-order valence-electron chi connectivity index (χ4n) is 2.16. The second kappa shape index (κ2) is 5.69. The van der Waals surface area contributed by atoms with E-state index in [1.165, 1.54) is 0 Å². The Bertz CT molecular complexity index is 491. The third kappa shape index (κ3) is 3.44. The number of anilines is 1. The number of carboxylic acid groups (broad SMARTS) is 1. The van der Waals surface area contributed by atoms with Crippen molar-refractivity contribution in [3.05, 3.63) is 42.5 Å². The lowest BCUT2D eigenvalue weighted by molar-refractivity contribution is -0.297. The molecule has 1 amide bonds. The summed E-state index contributed by atoms with van der Waals surface area (Å²) in [6.07, 6.45) is 4.06. The first-order valence-electron chi connectivity index (χ1n) is 6.37. The number of carbonyl (C=O) groups is 2. The second-order valence-corrected chi connectivity index (χ2v) is 4.77. The van der Waals surface area contributed by atoms with E-state index in [2.05, 4.69) is 0 Å². The molecule has 19 heavy (non-hydrogen) atoms. The highest BCUT2D eigenvalue weighted by Gasteiger charge is 2.34. The molecule has 1 aliphatic carbocycles. The average Bonchev–Trinajstić information content (AvgIpc) is 3.22. The van der Waals surface area contributed by atoms with E-state index in [0.29, 0.717) is 5.92 Å². The van der Waals surface area contributed by atoms with Crippen LogP contribution in [0.2, 0.25) is 0 Å². The normalized spacial score (nSPS) is 16.3. The maximum absolute atomic E-state index is 12.2. The smallest absolute Gasteiger partial charge is 0.251 e. The van der Waals surface area contributed by atoms with Crippen LogP contribution in [0.1, 0.15) is 19.8 Å². The quantitative estimate of drug-likeness (QED) is 0.744. The lowest BCUT2D eigenvalue weighted by Crippen LogP contribution is -2.39. The summed E-state index contributed by atoms with van der Waals surface area (Å²) in [5, 5.41) is 10.4. The number of para-hydroxylation sites is 1. The van der Waals surface area contributed by atoms with Gasteiger partial charge >= 0.3 is 0 Å². The number of amides is 1. The number of carboxylic acids is 1. The van der Waals surface area contributed by atoms with Gasteiger partial charge in [-0.3, -0.25) is 4.79 Å². The zero-order valence-electron chi connectivity index (χ0n) is 10.8. The van der Waals surface area contributed by atoms with E-state index in [1.54, 1.807) is 4.90 Å².